The van der Waals surface area contributed by atoms with Gasteiger partial charge in [0.15, 0.2) is 0 Å². The van der Waals surface area contributed by atoms with E-state index >= 15 is 0 Å². The summed E-state index contributed by atoms with van der Waals surface area (Å²) in [6, 6.07) is -0.210. The predicted octanol–water partition coefficient (Wildman–Crippen LogP) is -0.160. The van der Waals surface area contributed by atoms with Crippen molar-refractivity contribution in [2.75, 3.05) is 59.0 Å². The second-order valence-corrected chi connectivity index (χ2v) is 6.23. The molecule has 0 aromatic heterocycles. The molecule has 0 radical (unpaired) electrons. The van der Waals surface area contributed by atoms with Gasteiger partial charge in [-0.2, -0.15) is 0 Å². The number of carbonyl (C=O) groups is 3. The van der Waals surface area contributed by atoms with E-state index in [1.165, 1.54) is 0 Å². The zero-order chi connectivity index (χ0) is 17.7. The standard InChI is InChI=1S/C16H28N4O4/c1-4-24-16(23)20-11-5-17(6-12-20)13(2)15(22)19-9-7-18(8-10-19)14(3)21/h13H,4-12H2,1-3H3. The third-order valence-corrected chi connectivity index (χ3v) is 4.78. The SMILES string of the molecule is CCOC(=O)N1CCN(C(C)C(=O)N2CCN(C(C)=O)CC2)CC1. The summed E-state index contributed by atoms with van der Waals surface area (Å²) in [6.45, 7) is 10.5. The minimum absolute atomic E-state index is 0.0604. The molecule has 3 amide bonds. The van der Waals surface area contributed by atoms with Gasteiger partial charge in [-0.25, -0.2) is 4.79 Å². The second kappa shape index (κ2) is 8.32. The molecule has 2 fully saturated rings. The number of ether oxygens (including phenoxy) is 1. The van der Waals surface area contributed by atoms with Crippen LogP contribution < -0.4 is 0 Å². The summed E-state index contributed by atoms with van der Waals surface area (Å²) in [4.78, 5) is 43.1. The largest absolute Gasteiger partial charge is 0.450 e. The van der Waals surface area contributed by atoms with Crippen LogP contribution >= 0.6 is 0 Å². The summed E-state index contributed by atoms with van der Waals surface area (Å²) in [5.41, 5.74) is 0. The van der Waals surface area contributed by atoms with Crippen molar-refractivity contribution in [2.24, 2.45) is 0 Å². The molecule has 8 heteroatoms. The Kier molecular flexibility index (Phi) is 6.42. The van der Waals surface area contributed by atoms with Crippen molar-refractivity contribution in [2.45, 2.75) is 26.8 Å². The van der Waals surface area contributed by atoms with Crippen LogP contribution in [0.4, 0.5) is 4.79 Å². The highest BCUT2D eigenvalue weighted by Gasteiger charge is 2.31. The molecule has 136 valence electrons. The average Bonchev–Trinajstić information content (AvgIpc) is 2.61. The van der Waals surface area contributed by atoms with Crippen LogP contribution in [-0.2, 0) is 14.3 Å². The van der Waals surface area contributed by atoms with Gasteiger partial charge in [0.25, 0.3) is 0 Å². The molecule has 1 unspecified atom stereocenters. The summed E-state index contributed by atoms with van der Waals surface area (Å²) in [6.07, 6.45) is -0.281. The molecule has 0 aromatic rings. The van der Waals surface area contributed by atoms with Gasteiger partial charge < -0.3 is 19.4 Å². The Morgan fingerprint density at radius 3 is 1.88 bits per heavy atom. The van der Waals surface area contributed by atoms with E-state index in [2.05, 4.69) is 4.90 Å². The van der Waals surface area contributed by atoms with Crippen molar-refractivity contribution in [3.05, 3.63) is 0 Å². The van der Waals surface area contributed by atoms with Crippen LogP contribution in [0.5, 0.6) is 0 Å². The summed E-state index contributed by atoms with van der Waals surface area (Å²) < 4.78 is 5.01. The molecule has 0 bridgehead atoms. The fourth-order valence-corrected chi connectivity index (χ4v) is 3.17. The molecule has 0 N–H and O–H groups in total. The van der Waals surface area contributed by atoms with Crippen molar-refractivity contribution in [1.29, 1.82) is 0 Å². The molecular weight excluding hydrogens is 312 g/mol. The summed E-state index contributed by atoms with van der Waals surface area (Å²) >= 11 is 0. The summed E-state index contributed by atoms with van der Waals surface area (Å²) in [5, 5.41) is 0. The van der Waals surface area contributed by atoms with Gasteiger partial charge in [0.1, 0.15) is 0 Å². The van der Waals surface area contributed by atoms with Crippen LogP contribution in [0, 0.1) is 0 Å². The van der Waals surface area contributed by atoms with Crippen LogP contribution in [-0.4, -0.2) is 103 Å². The van der Waals surface area contributed by atoms with Crippen LogP contribution in [0.2, 0.25) is 0 Å². The lowest BCUT2D eigenvalue weighted by molar-refractivity contribution is -0.142. The second-order valence-electron chi connectivity index (χ2n) is 6.23. The van der Waals surface area contributed by atoms with Gasteiger partial charge in [0.2, 0.25) is 11.8 Å². The minimum Gasteiger partial charge on any atom is -0.450 e. The van der Waals surface area contributed by atoms with Crippen molar-refractivity contribution >= 4 is 17.9 Å². The van der Waals surface area contributed by atoms with Gasteiger partial charge in [-0.15, -0.1) is 0 Å². The average molecular weight is 340 g/mol. The van der Waals surface area contributed by atoms with E-state index in [0.717, 1.165) is 0 Å². The van der Waals surface area contributed by atoms with E-state index < -0.39 is 0 Å². The van der Waals surface area contributed by atoms with Crippen LogP contribution in [0.15, 0.2) is 0 Å². The number of rotatable bonds is 3. The quantitative estimate of drug-likeness (QED) is 0.714. The Morgan fingerprint density at radius 2 is 1.38 bits per heavy atom. The zero-order valence-corrected chi connectivity index (χ0v) is 14.9. The number of nitrogens with zero attached hydrogens (tertiary/aromatic N) is 4. The Balaban J connectivity index is 1.80. The first-order valence-corrected chi connectivity index (χ1v) is 8.64. The highest BCUT2D eigenvalue weighted by Crippen LogP contribution is 2.12. The lowest BCUT2D eigenvalue weighted by atomic mass is 10.2. The Labute approximate surface area is 143 Å². The molecule has 2 aliphatic rings. The normalized spacial score (nSPS) is 20.7. The molecule has 0 saturated carbocycles. The first-order chi connectivity index (χ1) is 11.4. The van der Waals surface area contributed by atoms with Crippen molar-refractivity contribution in [3.63, 3.8) is 0 Å². The van der Waals surface area contributed by atoms with Crippen molar-refractivity contribution < 1.29 is 19.1 Å². The molecule has 8 nitrogen and oxygen atoms in total. The van der Waals surface area contributed by atoms with E-state index in [4.69, 9.17) is 4.74 Å². The number of carbonyl (C=O) groups excluding carboxylic acids is 3. The molecule has 2 saturated heterocycles. The van der Waals surface area contributed by atoms with E-state index in [-0.39, 0.29) is 23.9 Å². The molecule has 0 aromatic carbocycles. The third kappa shape index (κ3) is 4.37. The zero-order valence-electron chi connectivity index (χ0n) is 14.9. The Morgan fingerprint density at radius 1 is 0.875 bits per heavy atom. The van der Waals surface area contributed by atoms with Crippen LogP contribution in [0.25, 0.3) is 0 Å². The molecule has 2 aliphatic heterocycles. The fourth-order valence-electron chi connectivity index (χ4n) is 3.17. The van der Waals surface area contributed by atoms with Gasteiger partial charge in [-0.3, -0.25) is 14.5 Å². The molecule has 24 heavy (non-hydrogen) atoms. The fraction of sp³-hybridized carbons (Fsp3) is 0.812. The van der Waals surface area contributed by atoms with Crippen LogP contribution in [0.1, 0.15) is 20.8 Å². The monoisotopic (exact) mass is 340 g/mol. The van der Waals surface area contributed by atoms with Gasteiger partial charge in [0, 0.05) is 59.3 Å². The highest BCUT2D eigenvalue weighted by atomic mass is 16.6. The summed E-state index contributed by atoms with van der Waals surface area (Å²) in [7, 11) is 0. The number of amides is 3. The highest BCUT2D eigenvalue weighted by molar-refractivity contribution is 5.82. The third-order valence-electron chi connectivity index (χ3n) is 4.78. The number of piperazine rings is 2. The Bertz CT molecular complexity index is 469. The van der Waals surface area contributed by atoms with Gasteiger partial charge in [-0.05, 0) is 13.8 Å². The topological polar surface area (TPSA) is 73.4 Å². The van der Waals surface area contributed by atoms with Crippen LogP contribution in [0.3, 0.4) is 0 Å². The molecule has 2 heterocycles. The summed E-state index contributed by atoms with van der Waals surface area (Å²) in [5.74, 6) is 0.160. The molecule has 2 rings (SSSR count). The maximum atomic E-state index is 12.7. The molecule has 1 atom stereocenters. The smallest absolute Gasteiger partial charge is 0.409 e. The molecule has 0 aliphatic carbocycles. The van der Waals surface area contributed by atoms with Crippen molar-refractivity contribution in [1.82, 2.24) is 19.6 Å². The van der Waals surface area contributed by atoms with E-state index in [9.17, 15) is 14.4 Å². The maximum absolute atomic E-state index is 12.7. The van der Waals surface area contributed by atoms with Crippen molar-refractivity contribution in [3.8, 4) is 0 Å². The number of hydrogen-bond acceptors (Lipinski definition) is 5. The van der Waals surface area contributed by atoms with Gasteiger partial charge in [0.05, 0.1) is 12.6 Å². The lowest BCUT2D eigenvalue weighted by Crippen LogP contribution is -2.58. The van der Waals surface area contributed by atoms with E-state index in [0.29, 0.717) is 59.0 Å². The van der Waals surface area contributed by atoms with E-state index in [1.54, 1.807) is 23.6 Å². The molecule has 0 spiro atoms. The van der Waals surface area contributed by atoms with E-state index in [1.807, 2.05) is 11.8 Å². The Hall–Kier alpha value is -1.83. The maximum Gasteiger partial charge on any atom is 0.409 e. The first kappa shape index (κ1) is 18.5. The number of hydrogen-bond donors (Lipinski definition) is 0. The minimum atomic E-state index is -0.281. The first-order valence-electron chi connectivity index (χ1n) is 8.64. The van der Waals surface area contributed by atoms with Gasteiger partial charge in [-0.1, -0.05) is 0 Å². The lowest BCUT2D eigenvalue weighted by Gasteiger charge is -2.40. The van der Waals surface area contributed by atoms with Gasteiger partial charge >= 0.3 is 6.09 Å². The predicted molar refractivity (Wildman–Crippen MR) is 88.5 cm³/mol. The molecular formula is C16H28N4O4.